The minimum absolute atomic E-state index is 0.394. The average molecular weight is 274 g/mol. The Morgan fingerprint density at radius 3 is 2.84 bits per heavy atom. The predicted octanol–water partition coefficient (Wildman–Crippen LogP) is 4.03. The highest BCUT2D eigenvalue weighted by atomic mass is 32.2. The summed E-state index contributed by atoms with van der Waals surface area (Å²) in [6.45, 7) is 7.65. The largest absolute Gasteiger partial charge is 0.309 e. The fraction of sp³-hybridized carbons (Fsp3) is 0.438. The van der Waals surface area contributed by atoms with Gasteiger partial charge in [-0.2, -0.15) is 11.8 Å². The third-order valence-electron chi connectivity index (χ3n) is 3.14. The van der Waals surface area contributed by atoms with Crippen LogP contribution in [0.4, 0.5) is 0 Å². The number of aromatic nitrogens is 1. The van der Waals surface area contributed by atoms with Gasteiger partial charge in [-0.3, -0.25) is 4.98 Å². The first-order valence-corrected chi connectivity index (χ1v) is 7.95. The fourth-order valence-corrected chi connectivity index (χ4v) is 3.11. The molecule has 2 aromatic rings. The van der Waals surface area contributed by atoms with Gasteiger partial charge in [0.15, 0.2) is 0 Å². The molecule has 2 nitrogen and oxygen atoms in total. The Kier molecular flexibility index (Phi) is 5.23. The van der Waals surface area contributed by atoms with E-state index in [4.69, 9.17) is 0 Å². The minimum Gasteiger partial charge on any atom is -0.309 e. The molecule has 0 fully saturated rings. The van der Waals surface area contributed by atoms with Gasteiger partial charge < -0.3 is 5.32 Å². The highest BCUT2D eigenvalue weighted by Crippen LogP contribution is 2.27. The first kappa shape index (κ1) is 14.4. The molecule has 3 heteroatoms. The van der Waals surface area contributed by atoms with Crippen LogP contribution in [0.3, 0.4) is 0 Å². The lowest BCUT2D eigenvalue weighted by atomic mass is 10.0. The summed E-state index contributed by atoms with van der Waals surface area (Å²) in [4.78, 5) is 4.28. The molecule has 1 aromatic carbocycles. The van der Waals surface area contributed by atoms with Crippen LogP contribution in [0.2, 0.25) is 0 Å². The molecule has 1 atom stereocenters. The van der Waals surface area contributed by atoms with Crippen LogP contribution in [0, 0.1) is 0 Å². The number of rotatable bonds is 6. The smallest absolute Gasteiger partial charge is 0.0418 e. The standard InChI is InChI=1S/C16H22N2S/c1-4-18-16(11-19-12(2)3)14-7-5-6-13-8-9-17-10-15(13)14/h5-10,12,16,18H,4,11H2,1-3H3. The second-order valence-electron chi connectivity index (χ2n) is 4.94. The van der Waals surface area contributed by atoms with Crippen molar-refractivity contribution in [3.05, 3.63) is 42.2 Å². The zero-order valence-electron chi connectivity index (χ0n) is 11.9. The maximum Gasteiger partial charge on any atom is 0.0418 e. The van der Waals surface area contributed by atoms with E-state index in [-0.39, 0.29) is 0 Å². The fourth-order valence-electron chi connectivity index (χ4n) is 2.23. The van der Waals surface area contributed by atoms with E-state index in [0.717, 1.165) is 12.3 Å². The molecule has 1 aromatic heterocycles. The molecule has 0 saturated carbocycles. The number of nitrogens with zero attached hydrogens (tertiary/aromatic N) is 1. The topological polar surface area (TPSA) is 24.9 Å². The minimum atomic E-state index is 0.394. The maximum absolute atomic E-state index is 4.28. The van der Waals surface area contributed by atoms with Crippen molar-refractivity contribution in [2.75, 3.05) is 12.3 Å². The van der Waals surface area contributed by atoms with Gasteiger partial charge in [0, 0.05) is 29.6 Å². The second kappa shape index (κ2) is 6.92. The van der Waals surface area contributed by atoms with Crippen LogP contribution < -0.4 is 5.32 Å². The summed E-state index contributed by atoms with van der Waals surface area (Å²) >= 11 is 2.00. The summed E-state index contributed by atoms with van der Waals surface area (Å²) in [7, 11) is 0. The monoisotopic (exact) mass is 274 g/mol. The molecule has 0 radical (unpaired) electrons. The van der Waals surface area contributed by atoms with Gasteiger partial charge in [-0.15, -0.1) is 0 Å². The third kappa shape index (κ3) is 3.71. The molecule has 0 saturated heterocycles. The van der Waals surface area contributed by atoms with E-state index in [0.29, 0.717) is 11.3 Å². The number of hydrogen-bond donors (Lipinski definition) is 1. The van der Waals surface area contributed by atoms with E-state index in [1.165, 1.54) is 16.3 Å². The Bertz CT molecular complexity index is 520. The van der Waals surface area contributed by atoms with Crippen molar-refractivity contribution in [2.24, 2.45) is 0 Å². The molecule has 1 unspecified atom stereocenters. The van der Waals surface area contributed by atoms with Crippen molar-refractivity contribution < 1.29 is 0 Å². The lowest BCUT2D eigenvalue weighted by Crippen LogP contribution is -2.23. The van der Waals surface area contributed by atoms with Crippen LogP contribution in [-0.2, 0) is 0 Å². The maximum atomic E-state index is 4.28. The van der Waals surface area contributed by atoms with Crippen LogP contribution in [0.15, 0.2) is 36.7 Å². The molecule has 0 aliphatic heterocycles. The quantitative estimate of drug-likeness (QED) is 0.861. The molecule has 2 rings (SSSR count). The summed E-state index contributed by atoms with van der Waals surface area (Å²) in [6, 6.07) is 8.99. The number of nitrogens with one attached hydrogen (secondary N) is 1. The van der Waals surface area contributed by atoms with Gasteiger partial charge in [-0.1, -0.05) is 39.0 Å². The normalized spacial score (nSPS) is 13.1. The van der Waals surface area contributed by atoms with E-state index in [1.807, 2.05) is 24.2 Å². The Morgan fingerprint density at radius 2 is 2.11 bits per heavy atom. The summed E-state index contributed by atoms with van der Waals surface area (Å²) in [5.41, 5.74) is 1.36. The van der Waals surface area contributed by atoms with Crippen molar-refractivity contribution in [2.45, 2.75) is 32.1 Å². The van der Waals surface area contributed by atoms with Gasteiger partial charge in [0.25, 0.3) is 0 Å². The van der Waals surface area contributed by atoms with Crippen LogP contribution in [0.5, 0.6) is 0 Å². The van der Waals surface area contributed by atoms with E-state index in [2.05, 4.69) is 55.3 Å². The molecule has 0 bridgehead atoms. The lowest BCUT2D eigenvalue weighted by Gasteiger charge is -2.20. The van der Waals surface area contributed by atoms with Gasteiger partial charge >= 0.3 is 0 Å². The average Bonchev–Trinajstić information content (AvgIpc) is 2.43. The summed E-state index contributed by atoms with van der Waals surface area (Å²) in [5.74, 6) is 1.10. The van der Waals surface area contributed by atoms with Crippen molar-refractivity contribution >= 4 is 22.5 Å². The van der Waals surface area contributed by atoms with Crippen molar-refractivity contribution in [1.82, 2.24) is 10.3 Å². The van der Waals surface area contributed by atoms with E-state index >= 15 is 0 Å². The molecule has 102 valence electrons. The molecular formula is C16H22N2S. The van der Waals surface area contributed by atoms with Gasteiger partial charge in [0.2, 0.25) is 0 Å². The number of fused-ring (bicyclic) bond motifs is 1. The lowest BCUT2D eigenvalue weighted by molar-refractivity contribution is 0.609. The number of hydrogen-bond acceptors (Lipinski definition) is 3. The third-order valence-corrected chi connectivity index (χ3v) is 4.33. The molecule has 1 N–H and O–H groups in total. The van der Waals surface area contributed by atoms with Gasteiger partial charge in [-0.25, -0.2) is 0 Å². The van der Waals surface area contributed by atoms with Crippen molar-refractivity contribution in [1.29, 1.82) is 0 Å². The summed E-state index contributed by atoms with van der Waals surface area (Å²) in [6.07, 6.45) is 3.84. The molecule has 0 amide bonds. The first-order valence-electron chi connectivity index (χ1n) is 6.90. The van der Waals surface area contributed by atoms with Crippen molar-refractivity contribution in [3.63, 3.8) is 0 Å². The number of thioether (sulfide) groups is 1. The molecule has 0 aliphatic carbocycles. The van der Waals surface area contributed by atoms with E-state index < -0.39 is 0 Å². The zero-order valence-corrected chi connectivity index (χ0v) is 12.7. The van der Waals surface area contributed by atoms with Gasteiger partial charge in [0.1, 0.15) is 0 Å². The number of pyridine rings is 1. The molecule has 19 heavy (non-hydrogen) atoms. The highest BCUT2D eigenvalue weighted by Gasteiger charge is 2.14. The predicted molar refractivity (Wildman–Crippen MR) is 85.8 cm³/mol. The summed E-state index contributed by atoms with van der Waals surface area (Å²) < 4.78 is 0. The SMILES string of the molecule is CCNC(CSC(C)C)c1cccc2ccncc12. The van der Waals surface area contributed by atoms with E-state index in [9.17, 15) is 0 Å². The Balaban J connectivity index is 2.32. The van der Waals surface area contributed by atoms with Gasteiger partial charge in [0.05, 0.1) is 0 Å². The molecule has 0 spiro atoms. The van der Waals surface area contributed by atoms with Crippen molar-refractivity contribution in [3.8, 4) is 0 Å². The van der Waals surface area contributed by atoms with Crippen LogP contribution in [0.25, 0.3) is 10.8 Å². The first-order chi connectivity index (χ1) is 9.22. The second-order valence-corrected chi connectivity index (χ2v) is 6.55. The Morgan fingerprint density at radius 1 is 1.26 bits per heavy atom. The van der Waals surface area contributed by atoms with Crippen LogP contribution in [0.1, 0.15) is 32.4 Å². The molecule has 1 heterocycles. The van der Waals surface area contributed by atoms with Gasteiger partial charge in [-0.05, 0) is 28.8 Å². The zero-order chi connectivity index (χ0) is 13.7. The molecular weight excluding hydrogens is 252 g/mol. The highest BCUT2D eigenvalue weighted by molar-refractivity contribution is 7.99. The Hall–Kier alpha value is -1.06. The molecule has 0 aliphatic rings. The van der Waals surface area contributed by atoms with Crippen LogP contribution >= 0.6 is 11.8 Å². The van der Waals surface area contributed by atoms with Crippen LogP contribution in [-0.4, -0.2) is 22.5 Å². The Labute approximate surface area is 120 Å². The van der Waals surface area contributed by atoms with E-state index in [1.54, 1.807) is 0 Å². The summed E-state index contributed by atoms with van der Waals surface area (Å²) in [5, 5.41) is 6.79. The number of benzene rings is 1.